The maximum atomic E-state index is 13.1. The second kappa shape index (κ2) is 7.20. The predicted octanol–water partition coefficient (Wildman–Crippen LogP) is 3.52. The summed E-state index contributed by atoms with van der Waals surface area (Å²) in [6.45, 7) is 4.29. The lowest BCUT2D eigenvalue weighted by Crippen LogP contribution is -2.41. The number of aryl methyl sites for hydroxylation is 1. The molecule has 26 heavy (non-hydrogen) atoms. The van der Waals surface area contributed by atoms with E-state index in [0.29, 0.717) is 6.54 Å². The molecule has 3 heterocycles. The van der Waals surface area contributed by atoms with Crippen LogP contribution in [0.5, 0.6) is 0 Å². The smallest absolute Gasteiger partial charge is 0.270 e. The third-order valence-corrected chi connectivity index (χ3v) is 5.03. The van der Waals surface area contributed by atoms with E-state index in [9.17, 15) is 4.79 Å². The lowest BCUT2D eigenvalue weighted by Gasteiger charge is -2.33. The van der Waals surface area contributed by atoms with Crippen LogP contribution in [-0.2, 0) is 6.54 Å². The van der Waals surface area contributed by atoms with Crippen molar-refractivity contribution in [3.05, 3.63) is 77.9 Å². The van der Waals surface area contributed by atoms with Gasteiger partial charge in [-0.25, -0.2) is 0 Å². The van der Waals surface area contributed by atoms with Gasteiger partial charge in [0.15, 0.2) is 0 Å². The highest BCUT2D eigenvalue weighted by atomic mass is 16.2. The third kappa shape index (κ3) is 3.43. The van der Waals surface area contributed by atoms with Crippen molar-refractivity contribution in [2.45, 2.75) is 32.4 Å². The molecule has 1 aromatic carbocycles. The summed E-state index contributed by atoms with van der Waals surface area (Å²) in [4.78, 5) is 15.1. The minimum Gasteiger partial charge on any atom is -0.339 e. The summed E-state index contributed by atoms with van der Waals surface area (Å²) in [5.41, 5.74) is 3.11. The second-order valence-corrected chi connectivity index (χ2v) is 7.05. The van der Waals surface area contributed by atoms with Crippen molar-refractivity contribution in [3.8, 4) is 0 Å². The van der Waals surface area contributed by atoms with Gasteiger partial charge in [-0.15, -0.1) is 0 Å². The van der Waals surface area contributed by atoms with Crippen molar-refractivity contribution in [1.82, 2.24) is 19.2 Å². The van der Waals surface area contributed by atoms with E-state index in [0.717, 1.165) is 37.2 Å². The molecule has 0 spiro atoms. The summed E-state index contributed by atoms with van der Waals surface area (Å²) in [6, 6.07) is 14.4. The first kappa shape index (κ1) is 16.6. The van der Waals surface area contributed by atoms with Crippen LogP contribution in [0.4, 0.5) is 0 Å². The van der Waals surface area contributed by atoms with E-state index >= 15 is 0 Å². The lowest BCUT2D eigenvalue weighted by molar-refractivity contribution is 0.0662. The van der Waals surface area contributed by atoms with Gasteiger partial charge in [0.2, 0.25) is 0 Å². The van der Waals surface area contributed by atoms with E-state index in [2.05, 4.69) is 23.4 Å². The van der Waals surface area contributed by atoms with Crippen LogP contribution in [-0.4, -0.2) is 38.2 Å². The van der Waals surface area contributed by atoms with E-state index in [-0.39, 0.29) is 11.9 Å². The third-order valence-electron chi connectivity index (χ3n) is 5.03. The van der Waals surface area contributed by atoms with Gasteiger partial charge >= 0.3 is 0 Å². The number of carbonyl (C=O) groups excluding carboxylic acids is 1. The van der Waals surface area contributed by atoms with Gasteiger partial charge in [-0.2, -0.15) is 5.10 Å². The molecule has 5 heteroatoms. The van der Waals surface area contributed by atoms with Gasteiger partial charge in [-0.3, -0.25) is 9.48 Å². The van der Waals surface area contributed by atoms with E-state index in [1.165, 1.54) is 5.56 Å². The molecule has 0 unspecified atom stereocenters. The van der Waals surface area contributed by atoms with Crippen LogP contribution in [0, 0.1) is 6.92 Å². The van der Waals surface area contributed by atoms with Crippen molar-refractivity contribution < 1.29 is 4.79 Å². The molecule has 0 radical (unpaired) electrons. The van der Waals surface area contributed by atoms with Crippen molar-refractivity contribution >= 4 is 5.91 Å². The highest BCUT2D eigenvalue weighted by Gasteiger charge is 2.27. The number of hydrogen-bond donors (Lipinski definition) is 0. The molecule has 4 rings (SSSR count). The van der Waals surface area contributed by atoms with Crippen LogP contribution in [0.1, 0.15) is 40.5 Å². The summed E-state index contributed by atoms with van der Waals surface area (Å²) in [7, 11) is 0. The number of aromatic nitrogens is 3. The number of benzene rings is 1. The first-order valence-electron chi connectivity index (χ1n) is 9.20. The molecule has 1 saturated heterocycles. The maximum Gasteiger partial charge on any atom is 0.270 e. The van der Waals surface area contributed by atoms with E-state index in [1.807, 2.05) is 63.8 Å². The number of piperidine rings is 1. The van der Waals surface area contributed by atoms with Crippen LogP contribution >= 0.6 is 0 Å². The highest BCUT2D eigenvalue weighted by Crippen LogP contribution is 2.23. The van der Waals surface area contributed by atoms with Crippen molar-refractivity contribution in [1.29, 1.82) is 0 Å². The minimum absolute atomic E-state index is 0.111. The Kier molecular flexibility index (Phi) is 4.61. The first-order chi connectivity index (χ1) is 12.7. The Hall–Kier alpha value is -2.82. The standard InChI is InChI=1S/C21H24N4O/c1-17-13-22-25(14-17)19-9-5-12-24(16-19)21(26)20-10-6-11-23(20)15-18-7-3-2-4-8-18/h2-4,6-8,10-11,13-14,19H,5,9,12,15-16H2,1H3/t19-/m1/s1. The number of likely N-dealkylation sites (tertiary alicyclic amines) is 1. The Balaban J connectivity index is 1.50. The molecular formula is C21H24N4O. The zero-order chi connectivity index (χ0) is 17.9. The maximum absolute atomic E-state index is 13.1. The molecule has 1 aliphatic rings. The number of carbonyl (C=O) groups is 1. The molecular weight excluding hydrogens is 324 g/mol. The summed E-state index contributed by atoms with van der Waals surface area (Å²) in [5, 5.41) is 4.44. The normalized spacial score (nSPS) is 17.4. The monoisotopic (exact) mass is 348 g/mol. The number of amides is 1. The summed E-state index contributed by atoms with van der Waals surface area (Å²) in [5.74, 6) is 0.111. The van der Waals surface area contributed by atoms with Gasteiger partial charge < -0.3 is 9.47 Å². The van der Waals surface area contributed by atoms with Gasteiger partial charge in [0.25, 0.3) is 5.91 Å². The van der Waals surface area contributed by atoms with E-state index in [1.54, 1.807) is 0 Å². The Morgan fingerprint density at radius 2 is 2.04 bits per heavy atom. The summed E-state index contributed by atoms with van der Waals surface area (Å²) in [6.07, 6.45) is 8.01. The fraction of sp³-hybridized carbons (Fsp3) is 0.333. The molecule has 1 fully saturated rings. The summed E-state index contributed by atoms with van der Waals surface area (Å²) < 4.78 is 4.05. The Morgan fingerprint density at radius 3 is 2.81 bits per heavy atom. The van der Waals surface area contributed by atoms with Crippen molar-refractivity contribution in [2.24, 2.45) is 0 Å². The molecule has 1 aliphatic heterocycles. The molecule has 3 aromatic rings. The zero-order valence-electron chi connectivity index (χ0n) is 15.1. The van der Waals surface area contributed by atoms with Gasteiger partial charge in [0, 0.05) is 32.0 Å². The van der Waals surface area contributed by atoms with Crippen molar-refractivity contribution in [3.63, 3.8) is 0 Å². The lowest BCUT2D eigenvalue weighted by atomic mass is 10.1. The van der Waals surface area contributed by atoms with Crippen LogP contribution in [0.3, 0.4) is 0 Å². The largest absolute Gasteiger partial charge is 0.339 e. The van der Waals surface area contributed by atoms with Crippen LogP contribution < -0.4 is 0 Å². The second-order valence-electron chi connectivity index (χ2n) is 7.05. The molecule has 134 valence electrons. The van der Waals surface area contributed by atoms with Gasteiger partial charge in [-0.05, 0) is 43.0 Å². The molecule has 1 atom stereocenters. The van der Waals surface area contributed by atoms with Crippen LogP contribution in [0.25, 0.3) is 0 Å². The Bertz CT molecular complexity index is 880. The van der Waals surface area contributed by atoms with E-state index < -0.39 is 0 Å². The predicted molar refractivity (Wildman–Crippen MR) is 101 cm³/mol. The molecule has 5 nitrogen and oxygen atoms in total. The quantitative estimate of drug-likeness (QED) is 0.724. The zero-order valence-corrected chi connectivity index (χ0v) is 15.1. The number of rotatable bonds is 4. The average molecular weight is 348 g/mol. The van der Waals surface area contributed by atoms with Gasteiger partial charge in [0.05, 0.1) is 12.2 Å². The Labute approximate surface area is 153 Å². The molecule has 0 bridgehead atoms. The fourth-order valence-corrected chi connectivity index (χ4v) is 3.68. The minimum atomic E-state index is 0.111. The van der Waals surface area contributed by atoms with Crippen molar-refractivity contribution in [2.75, 3.05) is 13.1 Å². The average Bonchev–Trinajstić information content (AvgIpc) is 3.31. The number of hydrogen-bond acceptors (Lipinski definition) is 2. The molecule has 2 aromatic heterocycles. The van der Waals surface area contributed by atoms with Gasteiger partial charge in [-0.1, -0.05) is 30.3 Å². The molecule has 0 aliphatic carbocycles. The van der Waals surface area contributed by atoms with Crippen LogP contribution in [0.2, 0.25) is 0 Å². The van der Waals surface area contributed by atoms with Crippen LogP contribution in [0.15, 0.2) is 61.1 Å². The highest BCUT2D eigenvalue weighted by molar-refractivity contribution is 5.92. The van der Waals surface area contributed by atoms with E-state index in [4.69, 9.17) is 0 Å². The molecule has 0 N–H and O–H groups in total. The molecule has 1 amide bonds. The fourth-order valence-electron chi connectivity index (χ4n) is 3.68. The number of nitrogens with zero attached hydrogens (tertiary/aromatic N) is 4. The first-order valence-corrected chi connectivity index (χ1v) is 9.20. The van der Waals surface area contributed by atoms with Gasteiger partial charge in [0.1, 0.15) is 5.69 Å². The SMILES string of the molecule is Cc1cnn([C@@H]2CCCN(C(=O)c3cccn3Cc3ccccc3)C2)c1. The molecule has 0 saturated carbocycles. The summed E-state index contributed by atoms with van der Waals surface area (Å²) >= 11 is 0. The Morgan fingerprint density at radius 1 is 1.19 bits per heavy atom. The topological polar surface area (TPSA) is 43.1 Å².